The van der Waals surface area contributed by atoms with Crippen molar-refractivity contribution in [1.29, 1.82) is 0 Å². The molecule has 6 nitrogen and oxygen atoms in total. The molecule has 182 valence electrons. The highest BCUT2D eigenvalue weighted by Gasteiger charge is 2.22. The molecule has 0 aliphatic carbocycles. The molecule has 0 heterocycles. The third kappa shape index (κ3) is 7.37. The van der Waals surface area contributed by atoms with Crippen molar-refractivity contribution in [2.45, 2.75) is 25.7 Å². The van der Waals surface area contributed by atoms with Crippen LogP contribution in [0.25, 0.3) is 0 Å². The Bertz CT molecular complexity index is 1180. The van der Waals surface area contributed by atoms with Gasteiger partial charge in [0.2, 0.25) is 0 Å². The molecule has 0 amide bonds. The summed E-state index contributed by atoms with van der Waals surface area (Å²) in [5, 5.41) is 20.4. The Kier molecular flexibility index (Phi) is 8.97. The largest absolute Gasteiger partial charge is 0.507 e. The molecular weight excluding hydrogens is 452 g/mol. The number of ether oxygens (including phenoxy) is 2. The number of benzene rings is 4. The van der Waals surface area contributed by atoms with Crippen molar-refractivity contribution in [2.75, 3.05) is 0 Å². The van der Waals surface area contributed by atoms with E-state index in [1.807, 2.05) is 72.8 Å². The van der Waals surface area contributed by atoms with Crippen LogP contribution in [0.4, 0.5) is 0 Å². The topological polar surface area (TPSA) is 83.6 Å². The summed E-state index contributed by atoms with van der Waals surface area (Å²) in [5.74, 6) is 0.227. The summed E-state index contributed by atoms with van der Waals surface area (Å²) < 4.78 is 12.4. The summed E-state index contributed by atoms with van der Waals surface area (Å²) in [4.78, 5) is 9.22. The highest BCUT2D eigenvalue weighted by atomic mass is 16.6. The van der Waals surface area contributed by atoms with Gasteiger partial charge in [0.05, 0.1) is 13.2 Å². The van der Waals surface area contributed by atoms with Crippen molar-refractivity contribution in [2.24, 2.45) is 9.98 Å². The van der Waals surface area contributed by atoms with Crippen molar-refractivity contribution < 1.29 is 19.7 Å². The van der Waals surface area contributed by atoms with Crippen molar-refractivity contribution in [1.82, 2.24) is 0 Å². The molecule has 0 saturated carbocycles. The second-order valence-electron chi connectivity index (χ2n) is 8.05. The van der Waals surface area contributed by atoms with Gasteiger partial charge in [0.1, 0.15) is 11.5 Å². The molecule has 4 aromatic carbocycles. The molecule has 6 heteroatoms. The van der Waals surface area contributed by atoms with E-state index in [9.17, 15) is 10.2 Å². The lowest BCUT2D eigenvalue weighted by atomic mass is 10.2. The Morgan fingerprint density at radius 3 is 1.28 bits per heavy atom. The second kappa shape index (κ2) is 13.0. The van der Waals surface area contributed by atoms with Crippen LogP contribution in [0.5, 0.6) is 11.5 Å². The van der Waals surface area contributed by atoms with E-state index in [1.54, 1.807) is 48.8 Å². The molecular formula is C30H28N2O4. The lowest BCUT2D eigenvalue weighted by molar-refractivity contribution is -0.0768. The minimum atomic E-state index is -0.823. The molecule has 0 aliphatic rings. The quantitative estimate of drug-likeness (QED) is 0.269. The predicted molar refractivity (Wildman–Crippen MR) is 141 cm³/mol. The fraction of sp³-hybridized carbons (Fsp3) is 0.133. The molecule has 0 fully saturated rings. The number of rotatable bonds is 11. The van der Waals surface area contributed by atoms with E-state index in [0.717, 1.165) is 11.1 Å². The number of phenolic OH excluding ortho intramolecular Hbond substituents is 2. The van der Waals surface area contributed by atoms with Gasteiger partial charge in [-0.3, -0.25) is 9.98 Å². The van der Waals surface area contributed by atoms with Crippen LogP contribution in [0.3, 0.4) is 0 Å². The summed E-state index contributed by atoms with van der Waals surface area (Å²) in [6.07, 6.45) is 1.46. The summed E-state index contributed by atoms with van der Waals surface area (Å²) in [6.45, 7) is 0.585. The normalized spacial score (nSPS) is 13.2. The van der Waals surface area contributed by atoms with Gasteiger partial charge in [-0.25, -0.2) is 0 Å². The summed E-state index contributed by atoms with van der Waals surface area (Å²) in [6, 6.07) is 33.4. The Balaban J connectivity index is 1.62. The van der Waals surface area contributed by atoms with E-state index < -0.39 is 12.5 Å². The number of hydrogen-bond acceptors (Lipinski definition) is 6. The first-order valence-electron chi connectivity index (χ1n) is 11.6. The van der Waals surface area contributed by atoms with E-state index in [2.05, 4.69) is 9.98 Å². The van der Waals surface area contributed by atoms with Crippen molar-refractivity contribution >= 4 is 12.4 Å². The van der Waals surface area contributed by atoms with Crippen molar-refractivity contribution in [3.8, 4) is 11.5 Å². The number of para-hydroxylation sites is 2. The van der Waals surface area contributed by atoms with Crippen LogP contribution < -0.4 is 0 Å². The zero-order valence-corrected chi connectivity index (χ0v) is 19.7. The van der Waals surface area contributed by atoms with Crippen LogP contribution in [0.15, 0.2) is 119 Å². The van der Waals surface area contributed by atoms with Gasteiger partial charge in [-0.15, -0.1) is 0 Å². The van der Waals surface area contributed by atoms with Gasteiger partial charge >= 0.3 is 0 Å². The molecule has 0 aromatic heterocycles. The van der Waals surface area contributed by atoms with E-state index in [4.69, 9.17) is 9.47 Å². The first-order chi connectivity index (χ1) is 17.7. The van der Waals surface area contributed by atoms with Crippen LogP contribution >= 0.6 is 0 Å². The lowest BCUT2D eigenvalue weighted by Gasteiger charge is -2.22. The van der Waals surface area contributed by atoms with Crippen LogP contribution in [0, 0.1) is 0 Å². The SMILES string of the molecule is Oc1ccccc1/C=N/C(OCc1ccccc1)C(/N=C/c1ccccc1O)OCc1ccccc1. The van der Waals surface area contributed by atoms with Gasteiger partial charge in [0.25, 0.3) is 0 Å². The van der Waals surface area contributed by atoms with Crippen molar-refractivity contribution in [3.05, 3.63) is 131 Å². The minimum Gasteiger partial charge on any atom is -0.507 e. The first-order valence-corrected chi connectivity index (χ1v) is 11.6. The number of aromatic hydroxyl groups is 2. The average molecular weight is 481 g/mol. The summed E-state index contributed by atoms with van der Waals surface area (Å²) in [7, 11) is 0. The number of phenols is 2. The maximum Gasteiger partial charge on any atom is 0.194 e. The number of hydrogen-bond donors (Lipinski definition) is 2. The van der Waals surface area contributed by atoms with Crippen LogP contribution in [0.2, 0.25) is 0 Å². The molecule has 0 spiro atoms. The van der Waals surface area contributed by atoms with Crippen LogP contribution in [-0.2, 0) is 22.7 Å². The number of nitrogens with zero attached hydrogens (tertiary/aromatic N) is 2. The maximum atomic E-state index is 10.2. The zero-order chi connectivity index (χ0) is 25.0. The van der Waals surface area contributed by atoms with E-state index in [0.29, 0.717) is 24.3 Å². The molecule has 36 heavy (non-hydrogen) atoms. The Hall–Kier alpha value is -4.26. The molecule has 2 atom stereocenters. The van der Waals surface area contributed by atoms with Gasteiger partial charge < -0.3 is 19.7 Å². The molecule has 2 unspecified atom stereocenters. The Morgan fingerprint density at radius 1 is 0.528 bits per heavy atom. The summed E-state index contributed by atoms with van der Waals surface area (Å²) >= 11 is 0. The molecule has 0 radical (unpaired) electrons. The molecule has 0 bridgehead atoms. The minimum absolute atomic E-state index is 0.113. The van der Waals surface area contributed by atoms with Crippen LogP contribution in [0.1, 0.15) is 22.3 Å². The third-order valence-electron chi connectivity index (χ3n) is 5.37. The highest BCUT2D eigenvalue weighted by Crippen LogP contribution is 2.19. The molecule has 0 aliphatic heterocycles. The second-order valence-corrected chi connectivity index (χ2v) is 8.05. The molecule has 0 saturated heterocycles. The standard InChI is InChI=1S/C30H28N2O4/c33-27-17-9-7-15-25(27)19-31-29(35-21-23-11-3-1-4-12-23)30(36-22-24-13-5-2-6-14-24)32-20-26-16-8-10-18-28(26)34/h1-20,29-30,33-34H,21-22H2/b31-19+,32-20+. The van der Waals surface area contributed by atoms with E-state index in [1.165, 1.54) is 0 Å². The third-order valence-corrected chi connectivity index (χ3v) is 5.37. The molecule has 4 rings (SSSR count). The van der Waals surface area contributed by atoms with E-state index >= 15 is 0 Å². The lowest BCUT2D eigenvalue weighted by Crippen LogP contribution is -2.29. The van der Waals surface area contributed by atoms with Crippen molar-refractivity contribution in [3.63, 3.8) is 0 Å². The zero-order valence-electron chi connectivity index (χ0n) is 19.7. The fourth-order valence-electron chi connectivity index (χ4n) is 3.41. The van der Waals surface area contributed by atoms with Crippen LogP contribution in [-0.4, -0.2) is 35.1 Å². The Labute approximate surface area is 210 Å². The monoisotopic (exact) mass is 480 g/mol. The maximum absolute atomic E-state index is 10.2. The number of aliphatic imine (C=N–C) groups is 2. The molecule has 2 N–H and O–H groups in total. The fourth-order valence-corrected chi connectivity index (χ4v) is 3.41. The van der Waals surface area contributed by atoms with Gasteiger partial charge in [-0.05, 0) is 35.4 Å². The Morgan fingerprint density at radius 2 is 0.889 bits per heavy atom. The van der Waals surface area contributed by atoms with Gasteiger partial charge in [0.15, 0.2) is 12.5 Å². The van der Waals surface area contributed by atoms with Gasteiger partial charge in [-0.1, -0.05) is 84.9 Å². The van der Waals surface area contributed by atoms with Gasteiger partial charge in [-0.2, -0.15) is 0 Å². The highest BCUT2D eigenvalue weighted by molar-refractivity contribution is 5.84. The summed E-state index contributed by atoms with van der Waals surface area (Å²) in [5.41, 5.74) is 3.06. The molecule has 4 aromatic rings. The smallest absolute Gasteiger partial charge is 0.194 e. The van der Waals surface area contributed by atoms with Gasteiger partial charge in [0, 0.05) is 23.6 Å². The average Bonchev–Trinajstić information content (AvgIpc) is 2.92. The predicted octanol–water partition coefficient (Wildman–Crippen LogP) is 5.72. The first kappa shape index (κ1) is 24.9. The van der Waals surface area contributed by atoms with E-state index in [-0.39, 0.29) is 11.5 Å².